The fourth-order valence-electron chi connectivity index (χ4n) is 2.48. The van der Waals surface area contributed by atoms with E-state index in [1.54, 1.807) is 12.1 Å². The number of ether oxygens (including phenoxy) is 1. The highest BCUT2D eigenvalue weighted by atomic mass is 16.5. The topological polar surface area (TPSA) is 36.3 Å². The molecule has 1 unspecified atom stereocenters. The average Bonchev–Trinajstić information content (AvgIpc) is 2.41. The van der Waals surface area contributed by atoms with Gasteiger partial charge in [-0.3, -0.25) is 0 Å². The number of piperidine rings is 1. The Morgan fingerprint density at radius 1 is 1.44 bits per heavy atom. The summed E-state index contributed by atoms with van der Waals surface area (Å²) in [5, 5.41) is 8.81. The fourth-order valence-corrected chi connectivity index (χ4v) is 2.48. The Kier molecular flexibility index (Phi) is 4.60. The third-order valence-electron chi connectivity index (χ3n) is 3.60. The number of rotatable bonds is 4. The van der Waals surface area contributed by atoms with E-state index in [2.05, 4.69) is 18.0 Å². The van der Waals surface area contributed by atoms with Crippen LogP contribution in [0, 0.1) is 11.3 Å². The van der Waals surface area contributed by atoms with E-state index in [4.69, 9.17) is 10.00 Å². The minimum Gasteiger partial charge on any atom is -0.493 e. The molecule has 96 valence electrons. The molecule has 1 aliphatic heterocycles. The first-order valence-corrected chi connectivity index (χ1v) is 6.63. The molecule has 1 aromatic carbocycles. The molecule has 0 saturated carbocycles. The summed E-state index contributed by atoms with van der Waals surface area (Å²) in [5.41, 5.74) is 0.655. The van der Waals surface area contributed by atoms with Crippen molar-refractivity contribution >= 4 is 0 Å². The zero-order chi connectivity index (χ0) is 12.8. The molecular weight excluding hydrogens is 224 g/mol. The van der Waals surface area contributed by atoms with Crippen LogP contribution in [0.2, 0.25) is 0 Å². The summed E-state index contributed by atoms with van der Waals surface area (Å²) >= 11 is 0. The van der Waals surface area contributed by atoms with E-state index in [0.717, 1.165) is 18.8 Å². The monoisotopic (exact) mass is 244 g/mol. The van der Waals surface area contributed by atoms with Crippen molar-refractivity contribution in [3.8, 4) is 11.8 Å². The first-order chi connectivity index (χ1) is 8.79. The second-order valence-corrected chi connectivity index (χ2v) is 4.91. The molecular formula is C15H20N2O. The SMILES string of the molecule is CN1CCCCC1CCOc1cccc(C#N)c1. The van der Waals surface area contributed by atoms with Gasteiger partial charge in [-0.1, -0.05) is 12.5 Å². The van der Waals surface area contributed by atoms with Gasteiger partial charge in [0.05, 0.1) is 18.2 Å². The molecule has 1 aromatic rings. The third kappa shape index (κ3) is 3.48. The predicted molar refractivity (Wildman–Crippen MR) is 71.5 cm³/mol. The van der Waals surface area contributed by atoms with Crippen molar-refractivity contribution < 1.29 is 4.74 Å². The van der Waals surface area contributed by atoms with Crippen LogP contribution in [0.4, 0.5) is 0 Å². The molecule has 1 fully saturated rings. The summed E-state index contributed by atoms with van der Waals surface area (Å²) in [6, 6.07) is 10.1. The summed E-state index contributed by atoms with van der Waals surface area (Å²) in [7, 11) is 2.19. The van der Waals surface area contributed by atoms with Crippen LogP contribution < -0.4 is 4.74 Å². The van der Waals surface area contributed by atoms with Gasteiger partial charge < -0.3 is 9.64 Å². The van der Waals surface area contributed by atoms with Crippen LogP contribution in [-0.2, 0) is 0 Å². The first-order valence-electron chi connectivity index (χ1n) is 6.63. The molecule has 0 spiro atoms. The number of hydrogen-bond donors (Lipinski definition) is 0. The van der Waals surface area contributed by atoms with Gasteiger partial charge in [-0.15, -0.1) is 0 Å². The molecule has 1 heterocycles. The highest BCUT2D eigenvalue weighted by Crippen LogP contribution is 2.19. The normalized spacial score (nSPS) is 20.3. The van der Waals surface area contributed by atoms with Gasteiger partial charge in [0, 0.05) is 6.04 Å². The third-order valence-corrected chi connectivity index (χ3v) is 3.60. The van der Waals surface area contributed by atoms with Gasteiger partial charge in [0.1, 0.15) is 5.75 Å². The molecule has 0 bridgehead atoms. The van der Waals surface area contributed by atoms with Crippen molar-refractivity contribution in [2.45, 2.75) is 31.7 Å². The van der Waals surface area contributed by atoms with Crippen LogP contribution in [0.1, 0.15) is 31.2 Å². The molecule has 0 aromatic heterocycles. The maximum absolute atomic E-state index is 8.81. The Labute approximate surface area is 109 Å². The van der Waals surface area contributed by atoms with Gasteiger partial charge >= 0.3 is 0 Å². The Hall–Kier alpha value is -1.53. The molecule has 1 saturated heterocycles. The van der Waals surface area contributed by atoms with Gasteiger partial charge in [0.15, 0.2) is 0 Å². The van der Waals surface area contributed by atoms with E-state index >= 15 is 0 Å². The number of hydrogen-bond acceptors (Lipinski definition) is 3. The van der Waals surface area contributed by atoms with E-state index in [1.165, 1.54) is 25.8 Å². The number of benzene rings is 1. The lowest BCUT2D eigenvalue weighted by Crippen LogP contribution is -2.37. The van der Waals surface area contributed by atoms with Crippen LogP contribution in [0.5, 0.6) is 5.75 Å². The molecule has 0 N–H and O–H groups in total. The quantitative estimate of drug-likeness (QED) is 0.817. The van der Waals surface area contributed by atoms with Gasteiger partial charge in [-0.05, 0) is 51.1 Å². The Balaban J connectivity index is 1.79. The molecule has 0 aliphatic carbocycles. The second-order valence-electron chi connectivity index (χ2n) is 4.91. The molecule has 0 radical (unpaired) electrons. The van der Waals surface area contributed by atoms with Gasteiger partial charge in [0.2, 0.25) is 0 Å². The largest absolute Gasteiger partial charge is 0.493 e. The van der Waals surface area contributed by atoms with Gasteiger partial charge in [-0.25, -0.2) is 0 Å². The van der Waals surface area contributed by atoms with Gasteiger partial charge in [0.25, 0.3) is 0 Å². The Bertz CT molecular complexity index is 425. The maximum atomic E-state index is 8.81. The Morgan fingerprint density at radius 3 is 3.11 bits per heavy atom. The van der Waals surface area contributed by atoms with Crippen molar-refractivity contribution in [3.05, 3.63) is 29.8 Å². The summed E-state index contributed by atoms with van der Waals surface area (Å²) in [6.45, 7) is 1.93. The van der Waals surface area contributed by atoms with Crippen molar-refractivity contribution in [1.29, 1.82) is 5.26 Å². The zero-order valence-electron chi connectivity index (χ0n) is 10.9. The summed E-state index contributed by atoms with van der Waals surface area (Å²) in [5.74, 6) is 0.799. The van der Waals surface area contributed by atoms with E-state index in [1.807, 2.05) is 12.1 Å². The fraction of sp³-hybridized carbons (Fsp3) is 0.533. The zero-order valence-corrected chi connectivity index (χ0v) is 10.9. The highest BCUT2D eigenvalue weighted by molar-refractivity contribution is 5.36. The molecule has 1 atom stereocenters. The molecule has 0 amide bonds. The molecule has 3 nitrogen and oxygen atoms in total. The number of nitrogens with zero attached hydrogens (tertiary/aromatic N) is 2. The van der Waals surface area contributed by atoms with Crippen LogP contribution in [0.15, 0.2) is 24.3 Å². The van der Waals surface area contributed by atoms with E-state index in [0.29, 0.717) is 11.6 Å². The minimum absolute atomic E-state index is 0.651. The van der Waals surface area contributed by atoms with Crippen molar-refractivity contribution in [2.75, 3.05) is 20.2 Å². The van der Waals surface area contributed by atoms with E-state index in [-0.39, 0.29) is 0 Å². The van der Waals surface area contributed by atoms with Crippen LogP contribution in [0.25, 0.3) is 0 Å². The predicted octanol–water partition coefficient (Wildman–Crippen LogP) is 2.81. The van der Waals surface area contributed by atoms with Crippen molar-refractivity contribution in [1.82, 2.24) is 4.90 Å². The summed E-state index contributed by atoms with van der Waals surface area (Å²) in [4.78, 5) is 2.43. The first kappa shape index (κ1) is 12.9. The van der Waals surface area contributed by atoms with E-state index < -0.39 is 0 Å². The number of likely N-dealkylation sites (tertiary alicyclic amines) is 1. The Morgan fingerprint density at radius 2 is 2.33 bits per heavy atom. The second kappa shape index (κ2) is 6.42. The molecule has 2 rings (SSSR count). The van der Waals surface area contributed by atoms with Crippen LogP contribution in [0.3, 0.4) is 0 Å². The van der Waals surface area contributed by atoms with Gasteiger partial charge in [-0.2, -0.15) is 5.26 Å². The minimum atomic E-state index is 0.651. The number of nitriles is 1. The maximum Gasteiger partial charge on any atom is 0.120 e. The van der Waals surface area contributed by atoms with Crippen molar-refractivity contribution in [2.24, 2.45) is 0 Å². The van der Waals surface area contributed by atoms with Crippen LogP contribution in [-0.4, -0.2) is 31.1 Å². The lowest BCUT2D eigenvalue weighted by Gasteiger charge is -2.32. The standard InChI is InChI=1S/C15H20N2O/c1-17-9-3-2-6-14(17)8-10-18-15-7-4-5-13(11-15)12-16/h4-5,7,11,14H,2-3,6,8-10H2,1H3. The summed E-state index contributed by atoms with van der Waals surface area (Å²) < 4.78 is 5.72. The molecule has 1 aliphatic rings. The molecule has 3 heteroatoms. The lowest BCUT2D eigenvalue weighted by atomic mass is 10.0. The van der Waals surface area contributed by atoms with Crippen LogP contribution >= 0.6 is 0 Å². The lowest BCUT2D eigenvalue weighted by molar-refractivity contribution is 0.153. The van der Waals surface area contributed by atoms with E-state index in [9.17, 15) is 0 Å². The highest BCUT2D eigenvalue weighted by Gasteiger charge is 2.18. The molecule has 18 heavy (non-hydrogen) atoms. The smallest absolute Gasteiger partial charge is 0.120 e. The average molecular weight is 244 g/mol. The van der Waals surface area contributed by atoms with Crippen molar-refractivity contribution in [3.63, 3.8) is 0 Å². The summed E-state index contributed by atoms with van der Waals surface area (Å²) in [6.07, 6.45) is 4.99.